The third kappa shape index (κ3) is 6.32. The number of hydrogen-bond donors (Lipinski definition) is 1. The fraction of sp³-hybridized carbons (Fsp3) is 0.579. The minimum absolute atomic E-state index is 0.133. The van der Waals surface area contributed by atoms with Gasteiger partial charge in [-0.15, -0.1) is 0 Å². The highest BCUT2D eigenvalue weighted by atomic mass is 32.2. The van der Waals surface area contributed by atoms with E-state index in [9.17, 15) is 18.0 Å². The van der Waals surface area contributed by atoms with Crippen LogP contribution in [0.15, 0.2) is 29.2 Å². The van der Waals surface area contributed by atoms with Crippen molar-refractivity contribution in [3.63, 3.8) is 0 Å². The SMILES string of the molecule is CNS(=O)(=O)c1ccc(CCC(=O)OC(C)C(=O)N2CCCCCC2)cc1. The summed E-state index contributed by atoms with van der Waals surface area (Å²) >= 11 is 0. The molecule has 1 N–H and O–H groups in total. The van der Waals surface area contributed by atoms with Gasteiger partial charge in [0.05, 0.1) is 4.90 Å². The van der Waals surface area contributed by atoms with Crippen molar-refractivity contribution < 1.29 is 22.7 Å². The molecule has 1 aliphatic heterocycles. The number of nitrogens with zero attached hydrogens (tertiary/aromatic N) is 1. The molecule has 2 rings (SSSR count). The van der Waals surface area contributed by atoms with Crippen molar-refractivity contribution in [3.8, 4) is 0 Å². The van der Waals surface area contributed by atoms with E-state index in [-0.39, 0.29) is 17.2 Å². The number of sulfonamides is 1. The average molecular weight is 397 g/mol. The van der Waals surface area contributed by atoms with Gasteiger partial charge in [0.1, 0.15) is 0 Å². The molecule has 1 heterocycles. The molecule has 1 unspecified atom stereocenters. The summed E-state index contributed by atoms with van der Waals surface area (Å²) in [6.45, 7) is 3.06. The van der Waals surface area contributed by atoms with Crippen molar-refractivity contribution in [1.29, 1.82) is 0 Å². The standard InChI is InChI=1S/C19H28N2O5S/c1-15(19(23)21-13-5-3-4-6-14-21)26-18(22)12-9-16-7-10-17(11-8-16)27(24,25)20-2/h7-8,10-11,15,20H,3-6,9,12-14H2,1-2H3. The number of amides is 1. The second-order valence-corrected chi connectivity index (χ2v) is 8.61. The van der Waals surface area contributed by atoms with Crippen molar-refractivity contribution >= 4 is 21.9 Å². The Kier molecular flexibility index (Phi) is 7.79. The summed E-state index contributed by atoms with van der Waals surface area (Å²) in [6, 6.07) is 6.34. The lowest BCUT2D eigenvalue weighted by Crippen LogP contribution is -2.40. The zero-order valence-corrected chi connectivity index (χ0v) is 16.8. The van der Waals surface area contributed by atoms with Crippen molar-refractivity contribution in [1.82, 2.24) is 9.62 Å². The average Bonchev–Trinajstić information content (AvgIpc) is 2.95. The van der Waals surface area contributed by atoms with Crippen LogP contribution in [-0.4, -0.2) is 51.4 Å². The second kappa shape index (κ2) is 9.85. The Morgan fingerprint density at radius 3 is 2.26 bits per heavy atom. The van der Waals surface area contributed by atoms with Gasteiger partial charge in [0.15, 0.2) is 6.10 Å². The highest BCUT2D eigenvalue weighted by molar-refractivity contribution is 7.89. The number of ether oxygens (including phenoxy) is 1. The zero-order valence-electron chi connectivity index (χ0n) is 15.9. The molecule has 1 amide bonds. The quantitative estimate of drug-likeness (QED) is 0.710. The van der Waals surface area contributed by atoms with Crippen molar-refractivity contribution in [2.45, 2.75) is 56.4 Å². The molecule has 1 aromatic rings. The summed E-state index contributed by atoms with van der Waals surface area (Å²) in [6.07, 6.45) is 4.02. The molecule has 1 saturated heterocycles. The van der Waals surface area contributed by atoms with Gasteiger partial charge in [0.25, 0.3) is 5.91 Å². The molecule has 1 atom stereocenters. The molecule has 1 aromatic carbocycles. The molecule has 7 nitrogen and oxygen atoms in total. The van der Waals surface area contributed by atoms with E-state index >= 15 is 0 Å². The van der Waals surface area contributed by atoms with Crippen molar-refractivity contribution in [2.75, 3.05) is 20.1 Å². The number of nitrogens with one attached hydrogen (secondary N) is 1. The molecule has 0 aliphatic carbocycles. The van der Waals surface area contributed by atoms with Crippen LogP contribution in [-0.2, 0) is 30.8 Å². The molecule has 0 spiro atoms. The maximum Gasteiger partial charge on any atom is 0.306 e. The Bertz CT molecular complexity index is 738. The largest absolute Gasteiger partial charge is 0.453 e. The Hall–Kier alpha value is -1.93. The predicted octanol–water partition coefficient (Wildman–Crippen LogP) is 1.86. The number of hydrogen-bond acceptors (Lipinski definition) is 5. The van der Waals surface area contributed by atoms with Gasteiger partial charge in [-0.05, 0) is 50.9 Å². The van der Waals surface area contributed by atoms with E-state index < -0.39 is 22.1 Å². The summed E-state index contributed by atoms with van der Waals surface area (Å²) in [5, 5.41) is 0. The first-order chi connectivity index (χ1) is 12.8. The van der Waals surface area contributed by atoms with E-state index in [1.54, 1.807) is 24.0 Å². The van der Waals surface area contributed by atoms with Crippen LogP contribution in [0.4, 0.5) is 0 Å². The Morgan fingerprint density at radius 1 is 1.11 bits per heavy atom. The normalized spacial score (nSPS) is 16.4. The molecular formula is C19H28N2O5S. The lowest BCUT2D eigenvalue weighted by Gasteiger charge is -2.24. The van der Waals surface area contributed by atoms with E-state index in [0.717, 1.165) is 44.3 Å². The van der Waals surface area contributed by atoms with Crippen LogP contribution in [0.25, 0.3) is 0 Å². The van der Waals surface area contributed by atoms with Gasteiger partial charge in [-0.3, -0.25) is 9.59 Å². The maximum absolute atomic E-state index is 12.4. The molecule has 150 valence electrons. The summed E-state index contributed by atoms with van der Waals surface area (Å²) in [7, 11) is -2.11. The van der Waals surface area contributed by atoms with Crippen molar-refractivity contribution in [3.05, 3.63) is 29.8 Å². The van der Waals surface area contributed by atoms with Gasteiger partial charge in [0, 0.05) is 19.5 Å². The lowest BCUT2D eigenvalue weighted by molar-refractivity contribution is -0.159. The Labute approximate surface area is 161 Å². The van der Waals surface area contributed by atoms with Crippen LogP contribution in [0.2, 0.25) is 0 Å². The minimum atomic E-state index is -3.47. The molecule has 8 heteroatoms. The first-order valence-electron chi connectivity index (χ1n) is 9.34. The molecule has 27 heavy (non-hydrogen) atoms. The third-order valence-electron chi connectivity index (χ3n) is 4.69. The fourth-order valence-electron chi connectivity index (χ4n) is 3.05. The number of rotatable bonds is 7. The molecule has 1 fully saturated rings. The first kappa shape index (κ1) is 21.4. The fourth-order valence-corrected chi connectivity index (χ4v) is 3.78. The number of likely N-dealkylation sites (tertiary alicyclic amines) is 1. The molecule has 0 bridgehead atoms. The van der Waals surface area contributed by atoms with Crippen LogP contribution in [0, 0.1) is 0 Å². The van der Waals surface area contributed by atoms with Crippen LogP contribution < -0.4 is 4.72 Å². The molecule has 0 radical (unpaired) electrons. The van der Waals surface area contributed by atoms with Gasteiger partial charge < -0.3 is 9.64 Å². The first-order valence-corrected chi connectivity index (χ1v) is 10.8. The van der Waals surface area contributed by atoms with E-state index in [0.29, 0.717) is 6.42 Å². The topological polar surface area (TPSA) is 92.8 Å². The monoisotopic (exact) mass is 396 g/mol. The second-order valence-electron chi connectivity index (χ2n) is 6.72. The summed E-state index contributed by atoms with van der Waals surface area (Å²) in [5.74, 6) is -0.565. The highest BCUT2D eigenvalue weighted by Crippen LogP contribution is 2.14. The zero-order chi connectivity index (χ0) is 19.9. The van der Waals surface area contributed by atoms with Gasteiger partial charge in [-0.1, -0.05) is 25.0 Å². The van der Waals surface area contributed by atoms with Crippen LogP contribution in [0.3, 0.4) is 0 Å². The lowest BCUT2D eigenvalue weighted by atomic mass is 10.1. The van der Waals surface area contributed by atoms with Gasteiger partial charge in [-0.2, -0.15) is 0 Å². The van der Waals surface area contributed by atoms with Gasteiger partial charge in [-0.25, -0.2) is 13.1 Å². The molecule has 0 aromatic heterocycles. The van der Waals surface area contributed by atoms with Crippen LogP contribution >= 0.6 is 0 Å². The van der Waals surface area contributed by atoms with E-state index in [2.05, 4.69) is 4.72 Å². The third-order valence-corrected chi connectivity index (χ3v) is 6.12. The maximum atomic E-state index is 12.4. The van der Waals surface area contributed by atoms with Gasteiger partial charge >= 0.3 is 5.97 Å². The predicted molar refractivity (Wildman–Crippen MR) is 102 cm³/mol. The van der Waals surface area contributed by atoms with Crippen LogP contribution in [0.5, 0.6) is 0 Å². The number of carbonyl (C=O) groups is 2. The summed E-state index contributed by atoms with van der Waals surface area (Å²) < 4.78 is 30.9. The summed E-state index contributed by atoms with van der Waals surface area (Å²) in [5.41, 5.74) is 0.827. The van der Waals surface area contributed by atoms with E-state index in [1.165, 1.54) is 19.2 Å². The van der Waals surface area contributed by atoms with E-state index in [4.69, 9.17) is 4.74 Å². The van der Waals surface area contributed by atoms with Crippen LogP contribution in [0.1, 0.15) is 44.6 Å². The minimum Gasteiger partial charge on any atom is -0.453 e. The number of esters is 1. The number of carbonyl (C=O) groups excluding carboxylic acids is 2. The number of aryl methyl sites for hydroxylation is 1. The summed E-state index contributed by atoms with van der Waals surface area (Å²) in [4.78, 5) is 26.4. The highest BCUT2D eigenvalue weighted by Gasteiger charge is 2.24. The number of benzene rings is 1. The molecule has 1 aliphatic rings. The smallest absolute Gasteiger partial charge is 0.306 e. The molecular weight excluding hydrogens is 368 g/mol. The Balaban J connectivity index is 1.82. The van der Waals surface area contributed by atoms with E-state index in [1.807, 2.05) is 0 Å². The Morgan fingerprint density at radius 2 is 1.70 bits per heavy atom. The molecule has 0 saturated carbocycles. The van der Waals surface area contributed by atoms with Gasteiger partial charge in [0.2, 0.25) is 10.0 Å². The van der Waals surface area contributed by atoms with Crippen molar-refractivity contribution in [2.24, 2.45) is 0 Å².